The number of nitrogens with zero attached hydrogens (tertiary/aromatic N) is 5. The van der Waals surface area contributed by atoms with Crippen molar-refractivity contribution in [3.05, 3.63) is 76.1 Å². The van der Waals surface area contributed by atoms with Gasteiger partial charge in [0.15, 0.2) is 0 Å². The maximum absolute atomic E-state index is 12.9. The average molecular weight is 451 g/mol. The minimum Gasteiger partial charge on any atom is -0.354 e. The number of carbonyl (C=O) groups is 1. The Morgan fingerprint density at radius 2 is 1.97 bits per heavy atom. The summed E-state index contributed by atoms with van der Waals surface area (Å²) in [7, 11) is 0. The van der Waals surface area contributed by atoms with Crippen molar-refractivity contribution in [2.45, 2.75) is 45.6 Å². The first-order valence-corrected chi connectivity index (χ1v) is 11.3. The van der Waals surface area contributed by atoms with Crippen LogP contribution in [0.15, 0.2) is 42.7 Å². The van der Waals surface area contributed by atoms with Crippen molar-refractivity contribution < 1.29 is 4.79 Å². The maximum Gasteiger partial charge on any atom is 0.224 e. The number of benzene rings is 1. The van der Waals surface area contributed by atoms with Gasteiger partial charge in [0.1, 0.15) is 0 Å². The first-order valence-electron chi connectivity index (χ1n) is 10.9. The molecule has 1 aliphatic heterocycles. The molecule has 4 rings (SSSR count). The predicted octanol–water partition coefficient (Wildman–Crippen LogP) is 4.29. The fourth-order valence-corrected chi connectivity index (χ4v) is 4.34. The summed E-state index contributed by atoms with van der Waals surface area (Å²) >= 11 is 6.10. The quantitative estimate of drug-likeness (QED) is 0.578. The lowest BCUT2D eigenvalue weighted by Crippen LogP contribution is -2.32. The van der Waals surface area contributed by atoms with Gasteiger partial charge >= 0.3 is 0 Å². The summed E-state index contributed by atoms with van der Waals surface area (Å²) in [5, 5.41) is 3.88. The second-order valence-corrected chi connectivity index (χ2v) is 8.57. The van der Waals surface area contributed by atoms with Crippen molar-refractivity contribution in [1.29, 1.82) is 0 Å². The third-order valence-corrected chi connectivity index (χ3v) is 5.73. The third kappa shape index (κ3) is 5.59. The van der Waals surface area contributed by atoms with E-state index in [1.54, 1.807) is 12.4 Å². The van der Waals surface area contributed by atoms with Crippen molar-refractivity contribution in [3.63, 3.8) is 0 Å². The molecule has 166 valence electrons. The number of halogens is 1. The zero-order valence-corrected chi connectivity index (χ0v) is 19.1. The predicted molar refractivity (Wildman–Crippen MR) is 125 cm³/mol. The summed E-state index contributed by atoms with van der Waals surface area (Å²) in [6, 6.07) is 9.64. The van der Waals surface area contributed by atoms with Crippen LogP contribution in [0.2, 0.25) is 5.02 Å². The van der Waals surface area contributed by atoms with E-state index in [9.17, 15) is 4.79 Å². The number of carbonyl (C=O) groups excluding carboxylic acids is 1. The van der Waals surface area contributed by atoms with Gasteiger partial charge in [0, 0.05) is 48.5 Å². The minimum absolute atomic E-state index is 0.0354. The molecule has 8 heteroatoms. The van der Waals surface area contributed by atoms with Crippen molar-refractivity contribution in [3.8, 4) is 0 Å². The SMILES string of the molecule is Cc1cc(C)nc(NCCC(=O)N2CCC[C@H]2c2cncc(Cc3cccc(Cl)c3)n2)n1. The summed E-state index contributed by atoms with van der Waals surface area (Å²) in [4.78, 5) is 32.8. The molecule has 1 aliphatic rings. The summed E-state index contributed by atoms with van der Waals surface area (Å²) in [5.74, 6) is 0.666. The van der Waals surface area contributed by atoms with Crippen molar-refractivity contribution in [1.82, 2.24) is 24.8 Å². The Hall–Kier alpha value is -3.06. The van der Waals surface area contributed by atoms with Crippen LogP contribution in [-0.4, -0.2) is 43.8 Å². The fraction of sp³-hybridized carbons (Fsp3) is 0.375. The first-order chi connectivity index (χ1) is 15.5. The highest BCUT2D eigenvalue weighted by Crippen LogP contribution is 2.31. The first kappa shape index (κ1) is 22.1. The largest absolute Gasteiger partial charge is 0.354 e. The topological polar surface area (TPSA) is 83.9 Å². The molecule has 1 N–H and O–H groups in total. The van der Waals surface area contributed by atoms with Crippen LogP contribution in [0.5, 0.6) is 0 Å². The van der Waals surface area contributed by atoms with E-state index in [2.05, 4.69) is 20.3 Å². The van der Waals surface area contributed by atoms with Crippen LogP contribution >= 0.6 is 11.6 Å². The van der Waals surface area contributed by atoms with Crippen LogP contribution in [0.25, 0.3) is 0 Å². The molecule has 3 aromatic rings. The lowest BCUT2D eigenvalue weighted by molar-refractivity contribution is -0.131. The average Bonchev–Trinajstić information content (AvgIpc) is 3.23. The van der Waals surface area contributed by atoms with Crippen LogP contribution in [0.1, 0.15) is 53.6 Å². The molecule has 0 aliphatic carbocycles. The van der Waals surface area contributed by atoms with Crippen LogP contribution in [-0.2, 0) is 11.2 Å². The van der Waals surface area contributed by atoms with Crippen LogP contribution in [0, 0.1) is 13.8 Å². The fourth-order valence-electron chi connectivity index (χ4n) is 4.13. The number of rotatable bonds is 7. The van der Waals surface area contributed by atoms with E-state index in [1.165, 1.54) is 0 Å². The molecule has 1 atom stereocenters. The molecule has 2 aromatic heterocycles. The highest BCUT2D eigenvalue weighted by atomic mass is 35.5. The lowest BCUT2D eigenvalue weighted by Gasteiger charge is -2.24. The molecule has 0 unspecified atom stereocenters. The molecule has 7 nitrogen and oxygen atoms in total. The normalized spacial score (nSPS) is 15.7. The monoisotopic (exact) mass is 450 g/mol. The number of amides is 1. The van der Waals surface area contributed by atoms with E-state index in [-0.39, 0.29) is 11.9 Å². The van der Waals surface area contributed by atoms with E-state index >= 15 is 0 Å². The summed E-state index contributed by atoms with van der Waals surface area (Å²) in [5.41, 5.74) is 4.62. The molecular weight excluding hydrogens is 424 g/mol. The number of aromatic nitrogens is 4. The van der Waals surface area contributed by atoms with E-state index in [1.807, 2.05) is 49.1 Å². The Kier molecular flexibility index (Phi) is 6.95. The number of aryl methyl sites for hydroxylation is 2. The van der Waals surface area contributed by atoms with Gasteiger partial charge in [0.25, 0.3) is 0 Å². The molecule has 0 spiro atoms. The number of nitrogens with one attached hydrogen (secondary N) is 1. The Morgan fingerprint density at radius 3 is 2.75 bits per heavy atom. The minimum atomic E-state index is -0.0354. The Labute approximate surface area is 193 Å². The van der Waals surface area contributed by atoms with Gasteiger partial charge in [-0.25, -0.2) is 9.97 Å². The van der Waals surface area contributed by atoms with E-state index in [4.69, 9.17) is 16.6 Å². The molecule has 3 heterocycles. The molecular formula is C24H27ClN6O. The molecule has 1 amide bonds. The van der Waals surface area contributed by atoms with E-state index in [0.717, 1.165) is 47.7 Å². The summed E-state index contributed by atoms with van der Waals surface area (Å²) in [6.07, 6.45) is 6.45. The third-order valence-electron chi connectivity index (χ3n) is 5.50. The van der Waals surface area contributed by atoms with E-state index < -0.39 is 0 Å². The highest BCUT2D eigenvalue weighted by molar-refractivity contribution is 6.30. The second-order valence-electron chi connectivity index (χ2n) is 8.14. The van der Waals surface area contributed by atoms with Crippen molar-refractivity contribution in [2.75, 3.05) is 18.4 Å². The highest BCUT2D eigenvalue weighted by Gasteiger charge is 2.31. The zero-order valence-electron chi connectivity index (χ0n) is 18.4. The molecule has 0 radical (unpaired) electrons. The zero-order chi connectivity index (χ0) is 22.5. The van der Waals surface area contributed by atoms with Crippen molar-refractivity contribution >= 4 is 23.5 Å². The Balaban J connectivity index is 1.39. The molecule has 1 fully saturated rings. The van der Waals surface area contributed by atoms with Gasteiger partial charge in [0.2, 0.25) is 11.9 Å². The van der Waals surface area contributed by atoms with Crippen LogP contribution in [0.3, 0.4) is 0 Å². The van der Waals surface area contributed by atoms with Crippen LogP contribution < -0.4 is 5.32 Å². The number of hydrogen-bond acceptors (Lipinski definition) is 6. The van der Waals surface area contributed by atoms with Gasteiger partial charge in [-0.1, -0.05) is 23.7 Å². The number of likely N-dealkylation sites (tertiary alicyclic amines) is 1. The maximum atomic E-state index is 12.9. The number of hydrogen-bond donors (Lipinski definition) is 1. The van der Waals surface area contributed by atoms with Gasteiger partial charge in [-0.3, -0.25) is 14.8 Å². The van der Waals surface area contributed by atoms with Gasteiger partial charge in [0.05, 0.1) is 23.6 Å². The second kappa shape index (κ2) is 10.0. The summed E-state index contributed by atoms with van der Waals surface area (Å²) in [6.45, 7) is 5.10. The van der Waals surface area contributed by atoms with Gasteiger partial charge in [-0.2, -0.15) is 0 Å². The van der Waals surface area contributed by atoms with Crippen molar-refractivity contribution in [2.24, 2.45) is 0 Å². The lowest BCUT2D eigenvalue weighted by atomic mass is 10.1. The Bertz CT molecular complexity index is 1090. The molecule has 32 heavy (non-hydrogen) atoms. The molecule has 1 saturated heterocycles. The smallest absolute Gasteiger partial charge is 0.224 e. The number of anilines is 1. The standard InChI is InChI=1S/C24H27ClN6O/c1-16-11-17(2)29-24(28-16)27-9-8-23(32)31-10-4-7-22(31)21-15-26-14-20(30-21)13-18-5-3-6-19(25)12-18/h3,5-6,11-12,14-15,22H,4,7-10,13H2,1-2H3,(H,27,28,29)/t22-/m0/s1. The van der Waals surface area contributed by atoms with Gasteiger partial charge < -0.3 is 10.2 Å². The molecule has 0 bridgehead atoms. The van der Waals surface area contributed by atoms with Gasteiger partial charge in [-0.15, -0.1) is 0 Å². The van der Waals surface area contributed by atoms with Crippen LogP contribution in [0.4, 0.5) is 5.95 Å². The Morgan fingerprint density at radius 1 is 1.16 bits per heavy atom. The van der Waals surface area contributed by atoms with E-state index in [0.29, 0.717) is 30.4 Å². The van der Waals surface area contributed by atoms with Gasteiger partial charge in [-0.05, 0) is 50.5 Å². The molecule has 1 aromatic carbocycles. The molecule has 0 saturated carbocycles. The summed E-state index contributed by atoms with van der Waals surface area (Å²) < 4.78 is 0.